The number of likely N-dealkylation sites (tertiary alicyclic amines) is 1. The van der Waals surface area contributed by atoms with Gasteiger partial charge in [0.15, 0.2) is 0 Å². The van der Waals surface area contributed by atoms with Gasteiger partial charge in [-0.05, 0) is 24.1 Å². The number of para-hydroxylation sites is 1. The second kappa shape index (κ2) is 8.03. The highest BCUT2D eigenvalue weighted by Gasteiger charge is 2.29. The molecule has 1 atom stereocenters. The summed E-state index contributed by atoms with van der Waals surface area (Å²) in [7, 11) is 3.52. The van der Waals surface area contributed by atoms with Crippen LogP contribution in [0.15, 0.2) is 60.7 Å². The molecule has 1 aliphatic heterocycles. The Morgan fingerprint density at radius 1 is 1.07 bits per heavy atom. The first-order chi connectivity index (χ1) is 14.0. The lowest BCUT2D eigenvalue weighted by Crippen LogP contribution is -2.30. The van der Waals surface area contributed by atoms with Gasteiger partial charge in [0.1, 0.15) is 0 Å². The fourth-order valence-corrected chi connectivity index (χ4v) is 3.93. The fraction of sp³-hybridized carbons (Fsp3) is 0.292. The minimum Gasteiger partial charge on any atom is -0.345 e. The third-order valence-electron chi connectivity index (χ3n) is 5.53. The van der Waals surface area contributed by atoms with Gasteiger partial charge in [-0.2, -0.15) is 0 Å². The number of fused-ring (bicyclic) bond motifs is 1. The second-order valence-electron chi connectivity index (χ2n) is 7.80. The van der Waals surface area contributed by atoms with Crippen LogP contribution in [-0.4, -0.2) is 53.8 Å². The van der Waals surface area contributed by atoms with Gasteiger partial charge in [-0.25, -0.2) is 0 Å². The van der Waals surface area contributed by atoms with Crippen LogP contribution in [0, 0.1) is 0 Å². The molecule has 2 heterocycles. The zero-order chi connectivity index (χ0) is 20.4. The molecule has 1 aromatic heterocycles. The Kier molecular flexibility index (Phi) is 5.30. The van der Waals surface area contributed by atoms with E-state index in [4.69, 9.17) is 4.98 Å². The Hall–Kier alpha value is -3.21. The SMILES string of the molecule is CN(C)C(=O)c1cc([C@H]2CCN(C(=O)Cc3ccccc3)C2)nc2ccccc12. The number of aromatic nitrogens is 1. The third-order valence-corrected chi connectivity index (χ3v) is 5.53. The number of nitrogens with zero attached hydrogens (tertiary/aromatic N) is 3. The van der Waals surface area contributed by atoms with Crippen molar-refractivity contribution < 1.29 is 9.59 Å². The summed E-state index contributed by atoms with van der Waals surface area (Å²) in [5.74, 6) is 0.261. The summed E-state index contributed by atoms with van der Waals surface area (Å²) in [6.45, 7) is 1.37. The average Bonchev–Trinajstić information content (AvgIpc) is 3.23. The number of hydrogen-bond donors (Lipinski definition) is 0. The number of hydrogen-bond acceptors (Lipinski definition) is 3. The average molecular weight is 387 g/mol. The Balaban J connectivity index is 1.57. The van der Waals surface area contributed by atoms with Gasteiger partial charge >= 0.3 is 0 Å². The van der Waals surface area contributed by atoms with Crippen LogP contribution >= 0.6 is 0 Å². The quantitative estimate of drug-likeness (QED) is 0.689. The standard InChI is InChI=1S/C24H25N3O2/c1-26(2)24(29)20-15-22(25-21-11-7-6-10-19(20)21)18-12-13-27(16-18)23(28)14-17-8-4-3-5-9-17/h3-11,15,18H,12-14,16H2,1-2H3/t18-/m0/s1. The van der Waals surface area contributed by atoms with Gasteiger partial charge in [0.2, 0.25) is 5.91 Å². The topological polar surface area (TPSA) is 53.5 Å². The fourth-order valence-electron chi connectivity index (χ4n) is 3.93. The lowest BCUT2D eigenvalue weighted by atomic mass is 9.99. The van der Waals surface area contributed by atoms with Crippen molar-refractivity contribution in [3.05, 3.63) is 77.5 Å². The van der Waals surface area contributed by atoms with Crippen LogP contribution < -0.4 is 0 Å². The maximum absolute atomic E-state index is 12.7. The Bertz CT molecular complexity index is 1050. The van der Waals surface area contributed by atoms with Crippen molar-refractivity contribution in [3.8, 4) is 0 Å². The lowest BCUT2D eigenvalue weighted by molar-refractivity contribution is -0.129. The number of carbonyl (C=O) groups excluding carboxylic acids is 2. The van der Waals surface area contributed by atoms with E-state index in [1.165, 1.54) is 0 Å². The van der Waals surface area contributed by atoms with E-state index in [0.717, 1.165) is 35.1 Å². The second-order valence-corrected chi connectivity index (χ2v) is 7.80. The molecule has 0 saturated carbocycles. The summed E-state index contributed by atoms with van der Waals surface area (Å²) in [6, 6.07) is 19.5. The van der Waals surface area contributed by atoms with Crippen molar-refractivity contribution in [2.24, 2.45) is 0 Å². The number of benzene rings is 2. The van der Waals surface area contributed by atoms with Gasteiger partial charge < -0.3 is 9.80 Å². The first-order valence-electron chi connectivity index (χ1n) is 9.96. The summed E-state index contributed by atoms with van der Waals surface area (Å²) < 4.78 is 0. The van der Waals surface area contributed by atoms with Crippen LogP contribution in [-0.2, 0) is 11.2 Å². The van der Waals surface area contributed by atoms with Crippen molar-refractivity contribution >= 4 is 22.7 Å². The van der Waals surface area contributed by atoms with E-state index >= 15 is 0 Å². The molecule has 29 heavy (non-hydrogen) atoms. The van der Waals surface area contributed by atoms with Crippen molar-refractivity contribution in [3.63, 3.8) is 0 Å². The molecule has 0 bridgehead atoms. The minimum absolute atomic E-state index is 0.0279. The maximum Gasteiger partial charge on any atom is 0.254 e. The van der Waals surface area contributed by atoms with Gasteiger partial charge in [-0.15, -0.1) is 0 Å². The molecule has 1 fully saturated rings. The molecule has 0 unspecified atom stereocenters. The number of rotatable bonds is 4. The predicted molar refractivity (Wildman–Crippen MR) is 114 cm³/mol. The third kappa shape index (κ3) is 3.99. The summed E-state index contributed by atoms with van der Waals surface area (Å²) in [6.07, 6.45) is 1.28. The van der Waals surface area contributed by atoms with E-state index in [0.29, 0.717) is 18.5 Å². The number of amides is 2. The smallest absolute Gasteiger partial charge is 0.254 e. The van der Waals surface area contributed by atoms with Crippen LogP contribution in [0.25, 0.3) is 10.9 Å². The number of carbonyl (C=O) groups is 2. The highest BCUT2D eigenvalue weighted by atomic mass is 16.2. The monoisotopic (exact) mass is 387 g/mol. The van der Waals surface area contributed by atoms with Crippen molar-refractivity contribution in [1.29, 1.82) is 0 Å². The van der Waals surface area contributed by atoms with Gasteiger partial charge in [0.25, 0.3) is 5.91 Å². The Morgan fingerprint density at radius 3 is 2.55 bits per heavy atom. The molecule has 0 N–H and O–H groups in total. The molecule has 0 spiro atoms. The Labute approximate surface area is 171 Å². The Morgan fingerprint density at radius 2 is 1.79 bits per heavy atom. The van der Waals surface area contributed by atoms with Crippen molar-refractivity contribution in [1.82, 2.24) is 14.8 Å². The van der Waals surface area contributed by atoms with Crippen LogP contribution in [0.1, 0.15) is 34.0 Å². The van der Waals surface area contributed by atoms with Gasteiger partial charge in [-0.1, -0.05) is 48.5 Å². The zero-order valence-electron chi connectivity index (χ0n) is 16.8. The van der Waals surface area contributed by atoms with Crippen molar-refractivity contribution in [2.45, 2.75) is 18.8 Å². The van der Waals surface area contributed by atoms with Crippen LogP contribution in [0.4, 0.5) is 0 Å². The van der Waals surface area contributed by atoms with Crippen LogP contribution in [0.5, 0.6) is 0 Å². The summed E-state index contributed by atoms with van der Waals surface area (Å²) in [5.41, 5.74) is 3.42. The van der Waals surface area contributed by atoms with E-state index in [1.54, 1.807) is 19.0 Å². The molecular formula is C24H25N3O2. The normalized spacial score (nSPS) is 16.2. The molecule has 4 rings (SSSR count). The van der Waals surface area contributed by atoms with Gasteiger partial charge in [0, 0.05) is 44.2 Å². The highest BCUT2D eigenvalue weighted by molar-refractivity contribution is 6.06. The van der Waals surface area contributed by atoms with E-state index in [-0.39, 0.29) is 17.7 Å². The zero-order valence-corrected chi connectivity index (χ0v) is 16.8. The van der Waals surface area contributed by atoms with Crippen LogP contribution in [0.2, 0.25) is 0 Å². The molecule has 5 heteroatoms. The molecule has 148 valence electrons. The summed E-state index contributed by atoms with van der Waals surface area (Å²) >= 11 is 0. The van der Waals surface area contributed by atoms with E-state index < -0.39 is 0 Å². The highest BCUT2D eigenvalue weighted by Crippen LogP contribution is 2.30. The maximum atomic E-state index is 12.7. The molecule has 1 aliphatic rings. The molecule has 2 aromatic carbocycles. The molecule has 0 radical (unpaired) electrons. The van der Waals surface area contributed by atoms with Crippen LogP contribution in [0.3, 0.4) is 0 Å². The van der Waals surface area contributed by atoms with Gasteiger partial charge in [0.05, 0.1) is 17.5 Å². The molecule has 2 amide bonds. The molecule has 5 nitrogen and oxygen atoms in total. The predicted octanol–water partition coefficient (Wildman–Crippen LogP) is 3.50. The lowest BCUT2D eigenvalue weighted by Gasteiger charge is -2.18. The van der Waals surface area contributed by atoms with E-state index in [9.17, 15) is 9.59 Å². The first kappa shape index (κ1) is 19.1. The molecule has 1 saturated heterocycles. The van der Waals surface area contributed by atoms with Gasteiger partial charge in [-0.3, -0.25) is 14.6 Å². The molecule has 3 aromatic rings. The largest absolute Gasteiger partial charge is 0.345 e. The number of pyridine rings is 1. The molecule has 0 aliphatic carbocycles. The summed E-state index contributed by atoms with van der Waals surface area (Å²) in [5, 5.41) is 0.866. The van der Waals surface area contributed by atoms with Crippen molar-refractivity contribution in [2.75, 3.05) is 27.2 Å². The first-order valence-corrected chi connectivity index (χ1v) is 9.96. The molecular weight excluding hydrogens is 362 g/mol. The summed E-state index contributed by atoms with van der Waals surface area (Å²) in [4.78, 5) is 33.8. The minimum atomic E-state index is -0.0279. The van der Waals surface area contributed by atoms with E-state index in [2.05, 4.69) is 0 Å². The van der Waals surface area contributed by atoms with E-state index in [1.807, 2.05) is 65.6 Å².